The number of allylic oxidation sites excluding steroid dienone is 1. The van der Waals surface area contributed by atoms with Crippen molar-refractivity contribution in [2.45, 2.75) is 32.1 Å². The second-order valence-electron chi connectivity index (χ2n) is 7.81. The largest absolute Gasteiger partial charge is 0.422 e. The van der Waals surface area contributed by atoms with Crippen molar-refractivity contribution in [3.05, 3.63) is 64.9 Å². The Hall–Kier alpha value is -3.60. The summed E-state index contributed by atoms with van der Waals surface area (Å²) in [5.41, 5.74) is 9.85. The monoisotopic (exact) mass is 375 g/mol. The standard InChI is InChI=1S/C20H21N7O/c1-20(2,3)17-16-15(14(11-21)18(22)28-19(16)26(4)24-17)12-5-7-13(8-6-12)27-10-9-23-25-27/h5-10,15H,22H2,1-4H3. The Bertz CT molecular complexity index is 1090. The third kappa shape index (κ3) is 2.72. The van der Waals surface area contributed by atoms with Crippen molar-refractivity contribution in [3.8, 4) is 17.6 Å². The Morgan fingerprint density at radius 3 is 2.50 bits per heavy atom. The van der Waals surface area contributed by atoms with Crippen molar-refractivity contribution in [2.24, 2.45) is 12.8 Å². The van der Waals surface area contributed by atoms with Crippen molar-refractivity contribution in [2.75, 3.05) is 0 Å². The maximum absolute atomic E-state index is 9.81. The summed E-state index contributed by atoms with van der Waals surface area (Å²) in [6, 6.07) is 10.1. The quantitative estimate of drug-likeness (QED) is 0.737. The van der Waals surface area contributed by atoms with Gasteiger partial charge in [-0.25, -0.2) is 9.36 Å². The lowest BCUT2D eigenvalue weighted by molar-refractivity contribution is 0.358. The summed E-state index contributed by atoms with van der Waals surface area (Å²) in [7, 11) is 1.82. The lowest BCUT2D eigenvalue weighted by atomic mass is 9.79. The summed E-state index contributed by atoms with van der Waals surface area (Å²) in [6.45, 7) is 6.27. The van der Waals surface area contributed by atoms with Crippen LogP contribution in [0.5, 0.6) is 5.88 Å². The summed E-state index contributed by atoms with van der Waals surface area (Å²) in [5, 5.41) is 22.3. The molecule has 0 saturated heterocycles. The predicted molar refractivity (Wildman–Crippen MR) is 103 cm³/mol. The fourth-order valence-corrected chi connectivity index (χ4v) is 3.52. The number of rotatable bonds is 2. The minimum Gasteiger partial charge on any atom is -0.422 e. The molecule has 3 heterocycles. The minimum absolute atomic E-state index is 0.115. The number of benzene rings is 1. The van der Waals surface area contributed by atoms with Crippen molar-refractivity contribution in [1.29, 1.82) is 5.26 Å². The van der Waals surface area contributed by atoms with E-state index in [9.17, 15) is 5.26 Å². The molecule has 1 aliphatic rings. The Kier molecular flexibility index (Phi) is 3.96. The zero-order valence-corrected chi connectivity index (χ0v) is 16.2. The van der Waals surface area contributed by atoms with Gasteiger partial charge in [-0.2, -0.15) is 10.4 Å². The normalized spacial score (nSPS) is 16.5. The highest BCUT2D eigenvalue weighted by molar-refractivity contribution is 5.57. The van der Waals surface area contributed by atoms with Gasteiger partial charge in [-0.15, -0.1) is 5.10 Å². The van der Waals surface area contributed by atoms with Gasteiger partial charge in [-0.3, -0.25) is 0 Å². The molecule has 142 valence electrons. The number of nitrogens with zero attached hydrogens (tertiary/aromatic N) is 6. The van der Waals surface area contributed by atoms with E-state index in [0.29, 0.717) is 11.5 Å². The minimum atomic E-state index is -0.346. The van der Waals surface area contributed by atoms with Gasteiger partial charge in [0.2, 0.25) is 11.8 Å². The second kappa shape index (κ2) is 6.23. The van der Waals surface area contributed by atoms with Crippen LogP contribution in [0.4, 0.5) is 0 Å². The van der Waals surface area contributed by atoms with Crippen LogP contribution in [-0.4, -0.2) is 24.8 Å². The van der Waals surface area contributed by atoms with Crippen molar-refractivity contribution in [3.63, 3.8) is 0 Å². The molecule has 0 fully saturated rings. The molecule has 28 heavy (non-hydrogen) atoms. The summed E-state index contributed by atoms with van der Waals surface area (Å²) in [5.74, 6) is 0.345. The van der Waals surface area contributed by atoms with Gasteiger partial charge in [0.15, 0.2) is 0 Å². The van der Waals surface area contributed by atoms with E-state index in [0.717, 1.165) is 22.5 Å². The summed E-state index contributed by atoms with van der Waals surface area (Å²) in [6.07, 6.45) is 3.40. The van der Waals surface area contributed by atoms with E-state index >= 15 is 0 Å². The first kappa shape index (κ1) is 17.8. The lowest BCUT2D eigenvalue weighted by Crippen LogP contribution is -2.24. The van der Waals surface area contributed by atoms with Crippen LogP contribution in [0.15, 0.2) is 48.1 Å². The van der Waals surface area contributed by atoms with Crippen LogP contribution in [0.3, 0.4) is 0 Å². The summed E-state index contributed by atoms with van der Waals surface area (Å²) < 4.78 is 9.16. The average Bonchev–Trinajstić information content (AvgIpc) is 3.29. The number of aryl methyl sites for hydroxylation is 1. The first-order valence-corrected chi connectivity index (χ1v) is 8.93. The molecule has 8 nitrogen and oxygen atoms in total. The van der Waals surface area contributed by atoms with Crippen molar-refractivity contribution >= 4 is 0 Å². The molecular weight excluding hydrogens is 354 g/mol. The highest BCUT2D eigenvalue weighted by Gasteiger charge is 2.39. The molecule has 8 heteroatoms. The van der Waals surface area contributed by atoms with E-state index in [4.69, 9.17) is 10.5 Å². The number of ether oxygens (including phenoxy) is 1. The van der Waals surface area contributed by atoms with Gasteiger partial charge in [0.25, 0.3) is 0 Å². The van der Waals surface area contributed by atoms with Gasteiger partial charge >= 0.3 is 0 Å². The average molecular weight is 375 g/mol. The molecule has 1 aliphatic heterocycles. The summed E-state index contributed by atoms with van der Waals surface area (Å²) in [4.78, 5) is 0. The molecule has 2 aromatic heterocycles. The molecule has 0 saturated carbocycles. The zero-order chi connectivity index (χ0) is 20.1. The van der Waals surface area contributed by atoms with Crippen molar-refractivity contribution in [1.82, 2.24) is 24.8 Å². The molecule has 1 aromatic carbocycles. The van der Waals surface area contributed by atoms with E-state index in [1.165, 1.54) is 0 Å². The Morgan fingerprint density at radius 2 is 1.93 bits per heavy atom. The lowest BCUT2D eigenvalue weighted by Gasteiger charge is -2.27. The van der Waals surface area contributed by atoms with Crippen LogP contribution in [0.25, 0.3) is 5.69 Å². The highest BCUT2D eigenvalue weighted by atomic mass is 16.5. The molecule has 0 aliphatic carbocycles. The van der Waals surface area contributed by atoms with Gasteiger partial charge in [0.05, 0.1) is 35.3 Å². The smallest absolute Gasteiger partial charge is 0.224 e. The first-order valence-electron chi connectivity index (χ1n) is 8.93. The van der Waals surface area contributed by atoms with Gasteiger partial charge in [-0.05, 0) is 17.7 Å². The van der Waals surface area contributed by atoms with Crippen LogP contribution in [-0.2, 0) is 12.5 Å². The molecule has 4 rings (SSSR count). The number of fused-ring (bicyclic) bond motifs is 1. The van der Waals surface area contributed by atoms with Crippen molar-refractivity contribution < 1.29 is 4.74 Å². The predicted octanol–water partition coefficient (Wildman–Crippen LogP) is 2.52. The van der Waals surface area contributed by atoms with Crippen LogP contribution < -0.4 is 10.5 Å². The van der Waals surface area contributed by atoms with Crippen LogP contribution in [0.1, 0.15) is 43.5 Å². The molecule has 0 spiro atoms. The SMILES string of the molecule is Cn1nc(C(C)(C)C)c2c1OC(N)=C(C#N)C2c1ccc(-n2ccnn2)cc1. The van der Waals surface area contributed by atoms with Crippen LogP contribution >= 0.6 is 0 Å². The van der Waals surface area contributed by atoms with Gasteiger partial charge in [0, 0.05) is 12.5 Å². The highest BCUT2D eigenvalue weighted by Crippen LogP contribution is 2.46. The molecule has 2 N–H and O–H groups in total. The molecular formula is C20H21N7O. The Labute approximate surface area is 162 Å². The van der Waals surface area contributed by atoms with E-state index < -0.39 is 0 Å². The molecule has 3 aromatic rings. The first-order chi connectivity index (χ1) is 13.3. The second-order valence-corrected chi connectivity index (χ2v) is 7.81. The summed E-state index contributed by atoms with van der Waals surface area (Å²) >= 11 is 0. The third-order valence-electron chi connectivity index (χ3n) is 4.82. The Balaban J connectivity index is 1.89. The number of aromatic nitrogens is 5. The molecule has 0 bridgehead atoms. The molecule has 1 unspecified atom stereocenters. The topological polar surface area (TPSA) is 108 Å². The van der Waals surface area contributed by atoms with Gasteiger partial charge in [0.1, 0.15) is 11.6 Å². The molecule has 0 amide bonds. The van der Waals surface area contributed by atoms with Gasteiger partial charge in [-0.1, -0.05) is 38.1 Å². The maximum atomic E-state index is 9.81. The van der Waals surface area contributed by atoms with Gasteiger partial charge < -0.3 is 10.5 Å². The van der Waals surface area contributed by atoms with E-state index in [1.807, 2.05) is 31.3 Å². The zero-order valence-electron chi connectivity index (χ0n) is 16.2. The Morgan fingerprint density at radius 1 is 1.21 bits per heavy atom. The van der Waals surface area contributed by atoms with E-state index in [-0.39, 0.29) is 17.2 Å². The fraction of sp³-hybridized carbons (Fsp3) is 0.300. The molecule has 0 radical (unpaired) electrons. The number of hydrogen-bond acceptors (Lipinski definition) is 6. The number of nitriles is 1. The van der Waals surface area contributed by atoms with E-state index in [1.54, 1.807) is 21.8 Å². The maximum Gasteiger partial charge on any atom is 0.224 e. The number of hydrogen-bond donors (Lipinski definition) is 1. The fourth-order valence-electron chi connectivity index (χ4n) is 3.52. The van der Waals surface area contributed by atoms with Crippen LogP contribution in [0.2, 0.25) is 0 Å². The van der Waals surface area contributed by atoms with Crippen LogP contribution in [0, 0.1) is 11.3 Å². The third-order valence-corrected chi connectivity index (χ3v) is 4.82. The number of nitrogens with two attached hydrogens (primary N) is 1. The molecule has 1 atom stereocenters. The van der Waals surface area contributed by atoms with E-state index in [2.05, 4.69) is 42.3 Å².